The van der Waals surface area contributed by atoms with Crippen LogP contribution in [0, 0.1) is 27.3 Å². The minimum atomic E-state index is -4.44. The first kappa shape index (κ1) is 34.3. The summed E-state index contributed by atoms with van der Waals surface area (Å²) in [7, 11) is -4.44. The molecule has 2 aliphatic heterocycles. The van der Waals surface area contributed by atoms with Gasteiger partial charge in [0.1, 0.15) is 11.9 Å². The van der Waals surface area contributed by atoms with Gasteiger partial charge in [-0.25, -0.2) is 12.8 Å². The molecule has 0 spiro atoms. The molecular weight excluding hydrogens is 629 g/mol. The van der Waals surface area contributed by atoms with Gasteiger partial charge in [0.05, 0.1) is 10.8 Å². The van der Waals surface area contributed by atoms with Crippen LogP contribution in [0.4, 0.5) is 10.1 Å². The average molecular weight is 666 g/mol. The quantitative estimate of drug-likeness (QED) is 0.335. The van der Waals surface area contributed by atoms with Crippen LogP contribution < -0.4 is 5.32 Å². The Labute approximate surface area is 266 Å². The number of amides is 3. The fraction of sp³-hybridized carbons (Fsp3) is 0.500. The van der Waals surface area contributed by atoms with Crippen LogP contribution in [-0.2, 0) is 24.4 Å². The number of piperazine rings is 1. The molecule has 0 bridgehead atoms. The molecule has 0 aromatic heterocycles. The predicted octanol–water partition coefficient (Wildman–Crippen LogP) is 3.40. The van der Waals surface area contributed by atoms with Crippen LogP contribution in [0.2, 0.25) is 5.02 Å². The lowest BCUT2D eigenvalue weighted by atomic mass is 9.87. The van der Waals surface area contributed by atoms with E-state index in [-0.39, 0.29) is 67.1 Å². The molecule has 12 nitrogen and oxygen atoms in total. The van der Waals surface area contributed by atoms with Crippen molar-refractivity contribution in [1.29, 1.82) is 0 Å². The average Bonchev–Trinajstić information content (AvgIpc) is 3.41. The standard InChI is InChI=1S/C30H37ClFN5O7S/c1-19(38)33-25(16-30(2,3)4)29(40)35-13-11-34(12-14-35)28(39)23-18-36(17-22(23)21-10-9-20(31)15-24(21)32)45(43,44)27-8-6-5-7-26(27)37(41)42/h5-10,15,22-23,25H,11-14,16-18H2,1-4H3,(H,33,38)/t22-,23+,25-/m0/s1. The van der Waals surface area contributed by atoms with Gasteiger partial charge in [-0.1, -0.05) is 50.6 Å². The van der Waals surface area contributed by atoms with E-state index in [1.165, 1.54) is 36.1 Å². The largest absolute Gasteiger partial charge is 0.345 e. The van der Waals surface area contributed by atoms with Crippen LogP contribution in [-0.4, -0.2) is 90.5 Å². The van der Waals surface area contributed by atoms with Crippen molar-refractivity contribution in [2.24, 2.45) is 11.3 Å². The van der Waals surface area contributed by atoms with Gasteiger partial charge in [0.15, 0.2) is 4.90 Å². The van der Waals surface area contributed by atoms with E-state index >= 15 is 4.39 Å². The molecule has 3 amide bonds. The molecule has 4 rings (SSSR count). The second-order valence-corrected chi connectivity index (χ2v) is 14.9. The number of hydrogen-bond donors (Lipinski definition) is 1. The lowest BCUT2D eigenvalue weighted by Crippen LogP contribution is -2.57. The first-order chi connectivity index (χ1) is 21.0. The highest BCUT2D eigenvalue weighted by Gasteiger charge is 2.47. The summed E-state index contributed by atoms with van der Waals surface area (Å²) in [4.78, 5) is 52.5. The second kappa shape index (κ2) is 13.4. The topological polar surface area (TPSA) is 150 Å². The number of nitro groups is 1. The third-order valence-corrected chi connectivity index (χ3v) is 10.2. The number of nitrogens with one attached hydrogen (secondary N) is 1. The van der Waals surface area contributed by atoms with E-state index in [2.05, 4.69) is 5.32 Å². The first-order valence-electron chi connectivity index (χ1n) is 14.5. The smallest absolute Gasteiger partial charge is 0.289 e. The highest BCUT2D eigenvalue weighted by molar-refractivity contribution is 7.89. The number of rotatable bonds is 8. The predicted molar refractivity (Wildman–Crippen MR) is 164 cm³/mol. The molecule has 15 heteroatoms. The van der Waals surface area contributed by atoms with Gasteiger partial charge in [-0.05, 0) is 35.6 Å². The van der Waals surface area contributed by atoms with Crippen LogP contribution >= 0.6 is 11.6 Å². The summed E-state index contributed by atoms with van der Waals surface area (Å²) < 4.78 is 43.5. The Morgan fingerprint density at radius 1 is 1.07 bits per heavy atom. The second-order valence-electron chi connectivity index (χ2n) is 12.6. The molecule has 1 N–H and O–H groups in total. The van der Waals surface area contributed by atoms with E-state index in [4.69, 9.17) is 11.6 Å². The molecule has 244 valence electrons. The van der Waals surface area contributed by atoms with Crippen molar-refractivity contribution in [3.05, 3.63) is 69.0 Å². The molecule has 2 aromatic carbocycles. The molecule has 2 aliphatic rings. The van der Waals surface area contributed by atoms with Gasteiger partial charge in [-0.3, -0.25) is 24.5 Å². The Kier molecular flexibility index (Phi) is 10.2. The van der Waals surface area contributed by atoms with E-state index in [0.29, 0.717) is 6.42 Å². The minimum Gasteiger partial charge on any atom is -0.345 e. The van der Waals surface area contributed by atoms with E-state index in [1.807, 2.05) is 20.8 Å². The van der Waals surface area contributed by atoms with Crippen molar-refractivity contribution >= 4 is 45.0 Å². The Morgan fingerprint density at radius 3 is 2.27 bits per heavy atom. The number of halogens is 2. The van der Waals surface area contributed by atoms with E-state index in [1.54, 1.807) is 4.90 Å². The molecular formula is C30H37ClFN5O7S. The molecule has 3 atom stereocenters. The molecule has 2 saturated heterocycles. The number of hydrogen-bond acceptors (Lipinski definition) is 7. The molecule has 2 aromatic rings. The van der Waals surface area contributed by atoms with Crippen LogP contribution in [0.5, 0.6) is 0 Å². The maximum absolute atomic E-state index is 15.2. The summed E-state index contributed by atoms with van der Waals surface area (Å²) in [5.41, 5.74) is -0.736. The number of carbonyl (C=O) groups is 3. The van der Waals surface area contributed by atoms with Crippen LogP contribution in [0.3, 0.4) is 0 Å². The first-order valence-corrected chi connectivity index (χ1v) is 16.3. The fourth-order valence-electron chi connectivity index (χ4n) is 5.96. The van der Waals surface area contributed by atoms with E-state index < -0.39 is 55.1 Å². The summed E-state index contributed by atoms with van der Waals surface area (Å²) in [5, 5.41) is 14.5. The zero-order valence-electron chi connectivity index (χ0n) is 25.5. The van der Waals surface area contributed by atoms with Crippen molar-refractivity contribution in [2.45, 2.75) is 51.0 Å². The van der Waals surface area contributed by atoms with E-state index in [9.17, 15) is 32.9 Å². The van der Waals surface area contributed by atoms with Crippen LogP contribution in [0.25, 0.3) is 0 Å². The van der Waals surface area contributed by atoms with Gasteiger partial charge >= 0.3 is 0 Å². The number of nitro benzene ring substituents is 1. The van der Waals surface area contributed by atoms with Crippen molar-refractivity contribution < 1.29 is 32.1 Å². The fourth-order valence-corrected chi connectivity index (χ4v) is 7.76. The Morgan fingerprint density at radius 2 is 1.69 bits per heavy atom. The van der Waals surface area contributed by atoms with Crippen LogP contribution in [0.1, 0.15) is 45.6 Å². The Hall–Kier alpha value is -3.62. The molecule has 0 unspecified atom stereocenters. The third kappa shape index (κ3) is 7.79. The lowest BCUT2D eigenvalue weighted by molar-refractivity contribution is -0.387. The van der Waals surface area contributed by atoms with Gasteiger partial charge in [0, 0.05) is 63.2 Å². The number of para-hydroxylation sites is 1. The molecule has 2 heterocycles. The molecule has 2 fully saturated rings. The molecule has 45 heavy (non-hydrogen) atoms. The zero-order valence-corrected chi connectivity index (χ0v) is 27.1. The normalized spacial score (nSPS) is 20.1. The minimum absolute atomic E-state index is 0.104. The summed E-state index contributed by atoms with van der Waals surface area (Å²) in [6.45, 7) is 7.31. The Bertz CT molecular complexity index is 1590. The monoisotopic (exact) mass is 665 g/mol. The molecule has 0 radical (unpaired) electrons. The zero-order chi connectivity index (χ0) is 33.3. The van der Waals surface area contributed by atoms with Gasteiger partial charge in [0.2, 0.25) is 27.7 Å². The number of nitrogens with zero attached hydrogens (tertiary/aromatic N) is 4. The van der Waals surface area contributed by atoms with Crippen molar-refractivity contribution in [3.63, 3.8) is 0 Å². The maximum Gasteiger partial charge on any atom is 0.289 e. The summed E-state index contributed by atoms with van der Waals surface area (Å²) in [6.07, 6.45) is 0.421. The number of sulfonamides is 1. The number of benzene rings is 2. The molecule has 0 aliphatic carbocycles. The Balaban J connectivity index is 1.58. The SMILES string of the molecule is CC(=O)N[C@@H](CC(C)(C)C)C(=O)N1CCN(C(=O)[C@@H]2CN(S(=O)(=O)c3ccccc3[N+](=O)[O-])C[C@H]2c2ccc(Cl)cc2F)CC1. The summed E-state index contributed by atoms with van der Waals surface area (Å²) in [6, 6.07) is 8.17. The van der Waals surface area contributed by atoms with Gasteiger partial charge in [-0.15, -0.1) is 0 Å². The van der Waals surface area contributed by atoms with E-state index in [0.717, 1.165) is 22.5 Å². The maximum atomic E-state index is 15.2. The molecule has 0 saturated carbocycles. The summed E-state index contributed by atoms with van der Waals surface area (Å²) >= 11 is 5.96. The van der Waals surface area contributed by atoms with Crippen molar-refractivity contribution in [3.8, 4) is 0 Å². The lowest BCUT2D eigenvalue weighted by Gasteiger charge is -2.38. The number of carbonyl (C=O) groups excluding carboxylic acids is 3. The van der Waals surface area contributed by atoms with Gasteiger partial charge in [-0.2, -0.15) is 4.31 Å². The van der Waals surface area contributed by atoms with Gasteiger partial charge < -0.3 is 15.1 Å². The summed E-state index contributed by atoms with van der Waals surface area (Å²) in [5.74, 6) is -3.61. The highest BCUT2D eigenvalue weighted by atomic mass is 35.5. The van der Waals surface area contributed by atoms with Crippen molar-refractivity contribution in [1.82, 2.24) is 19.4 Å². The van der Waals surface area contributed by atoms with Crippen molar-refractivity contribution in [2.75, 3.05) is 39.3 Å². The van der Waals surface area contributed by atoms with Crippen LogP contribution in [0.15, 0.2) is 47.4 Å². The third-order valence-electron chi connectivity index (χ3n) is 8.04. The highest BCUT2D eigenvalue weighted by Crippen LogP contribution is 2.40. The van der Waals surface area contributed by atoms with Gasteiger partial charge in [0.25, 0.3) is 5.69 Å².